The molecule has 2 aromatic heterocycles. The summed E-state index contributed by atoms with van der Waals surface area (Å²) in [5, 5.41) is 5.94. The number of carbonyl (C=O) groups excluding carboxylic acids is 2. The van der Waals surface area contributed by atoms with E-state index >= 15 is 0 Å². The summed E-state index contributed by atoms with van der Waals surface area (Å²) in [6, 6.07) is 1.57. The lowest BCUT2D eigenvalue weighted by Gasteiger charge is -2.03. The zero-order chi connectivity index (χ0) is 14.5. The van der Waals surface area contributed by atoms with Gasteiger partial charge in [-0.2, -0.15) is 0 Å². The van der Waals surface area contributed by atoms with Crippen molar-refractivity contribution in [3.63, 3.8) is 0 Å². The molecule has 2 N–H and O–H groups in total. The second kappa shape index (κ2) is 6.33. The number of aryl methyl sites for hydroxylation is 2. The standard InChI is InChI=1S/C13H15N3O3S/c1-8-9(2)20-13(15-8)16-11(17)3-5-14-12(18)10-4-6-19-7-10/h4,6-7H,3,5H2,1-2H3,(H,14,18)(H,15,16,17). The molecule has 20 heavy (non-hydrogen) atoms. The largest absolute Gasteiger partial charge is 0.472 e. The van der Waals surface area contributed by atoms with Crippen LogP contribution in [0.1, 0.15) is 27.3 Å². The molecular formula is C13H15N3O3S. The Hall–Kier alpha value is -2.15. The molecular weight excluding hydrogens is 278 g/mol. The van der Waals surface area contributed by atoms with E-state index in [1.54, 1.807) is 6.07 Å². The SMILES string of the molecule is Cc1nc(NC(=O)CCNC(=O)c2ccoc2)sc1C. The quantitative estimate of drug-likeness (QED) is 0.884. The van der Waals surface area contributed by atoms with Crippen LogP contribution in [0.15, 0.2) is 23.0 Å². The number of amides is 2. The lowest BCUT2D eigenvalue weighted by Crippen LogP contribution is -2.27. The zero-order valence-electron chi connectivity index (χ0n) is 11.2. The van der Waals surface area contributed by atoms with Crippen molar-refractivity contribution in [2.75, 3.05) is 11.9 Å². The highest BCUT2D eigenvalue weighted by atomic mass is 32.1. The summed E-state index contributed by atoms with van der Waals surface area (Å²) in [5.41, 5.74) is 1.36. The van der Waals surface area contributed by atoms with Gasteiger partial charge in [0.15, 0.2) is 5.13 Å². The van der Waals surface area contributed by atoms with E-state index in [-0.39, 0.29) is 24.8 Å². The van der Waals surface area contributed by atoms with Gasteiger partial charge in [-0.3, -0.25) is 9.59 Å². The molecule has 2 amide bonds. The van der Waals surface area contributed by atoms with Crippen LogP contribution in [0, 0.1) is 13.8 Å². The normalized spacial score (nSPS) is 10.3. The average molecular weight is 293 g/mol. The van der Waals surface area contributed by atoms with Gasteiger partial charge in [-0.05, 0) is 19.9 Å². The number of furan rings is 1. The maximum atomic E-state index is 11.7. The lowest BCUT2D eigenvalue weighted by atomic mass is 10.3. The minimum absolute atomic E-state index is 0.175. The highest BCUT2D eigenvalue weighted by Crippen LogP contribution is 2.20. The third kappa shape index (κ3) is 3.67. The maximum absolute atomic E-state index is 11.7. The Balaban J connectivity index is 1.74. The van der Waals surface area contributed by atoms with Gasteiger partial charge in [-0.25, -0.2) is 4.98 Å². The van der Waals surface area contributed by atoms with Crippen LogP contribution in [-0.2, 0) is 4.79 Å². The summed E-state index contributed by atoms with van der Waals surface area (Å²) >= 11 is 1.44. The molecule has 0 aliphatic carbocycles. The number of hydrogen-bond acceptors (Lipinski definition) is 5. The number of rotatable bonds is 5. The van der Waals surface area contributed by atoms with Crippen molar-refractivity contribution in [2.45, 2.75) is 20.3 Å². The molecule has 0 aliphatic rings. The third-order valence-electron chi connectivity index (χ3n) is 2.70. The van der Waals surface area contributed by atoms with E-state index in [0.717, 1.165) is 10.6 Å². The number of nitrogens with zero attached hydrogens (tertiary/aromatic N) is 1. The average Bonchev–Trinajstić information content (AvgIpc) is 3.00. The van der Waals surface area contributed by atoms with Gasteiger partial charge >= 0.3 is 0 Å². The second-order valence-electron chi connectivity index (χ2n) is 4.23. The number of hydrogen-bond donors (Lipinski definition) is 2. The molecule has 2 heterocycles. The molecule has 7 heteroatoms. The molecule has 0 aromatic carbocycles. The fourth-order valence-electron chi connectivity index (χ4n) is 1.49. The number of anilines is 1. The molecule has 106 valence electrons. The molecule has 0 fully saturated rings. The monoisotopic (exact) mass is 293 g/mol. The number of aromatic nitrogens is 1. The van der Waals surface area contributed by atoms with Gasteiger partial charge < -0.3 is 15.1 Å². The fourth-order valence-corrected chi connectivity index (χ4v) is 2.32. The summed E-state index contributed by atoms with van der Waals surface area (Å²) in [5.74, 6) is -0.432. The summed E-state index contributed by atoms with van der Waals surface area (Å²) in [6.07, 6.45) is 2.98. The Labute approximate surface area is 120 Å². The molecule has 0 saturated heterocycles. The van der Waals surface area contributed by atoms with Crippen LogP contribution in [0.25, 0.3) is 0 Å². The maximum Gasteiger partial charge on any atom is 0.254 e. The first-order chi connectivity index (χ1) is 9.56. The predicted octanol–water partition coefficient (Wildman–Crippen LogP) is 2.11. The van der Waals surface area contributed by atoms with Crippen molar-refractivity contribution in [3.8, 4) is 0 Å². The Bertz CT molecular complexity index is 585. The minimum Gasteiger partial charge on any atom is -0.472 e. The minimum atomic E-state index is -0.257. The lowest BCUT2D eigenvalue weighted by molar-refractivity contribution is -0.116. The highest BCUT2D eigenvalue weighted by molar-refractivity contribution is 7.15. The van der Waals surface area contributed by atoms with E-state index in [1.807, 2.05) is 13.8 Å². The van der Waals surface area contributed by atoms with Crippen molar-refractivity contribution in [2.24, 2.45) is 0 Å². The summed E-state index contributed by atoms with van der Waals surface area (Å²) < 4.78 is 4.81. The van der Waals surface area contributed by atoms with Gasteiger partial charge in [-0.1, -0.05) is 0 Å². The van der Waals surface area contributed by atoms with Crippen LogP contribution in [0.4, 0.5) is 5.13 Å². The first-order valence-corrected chi connectivity index (χ1v) is 6.92. The molecule has 0 atom stereocenters. The molecule has 0 radical (unpaired) electrons. The van der Waals surface area contributed by atoms with Crippen molar-refractivity contribution in [1.82, 2.24) is 10.3 Å². The molecule has 2 rings (SSSR count). The first-order valence-electron chi connectivity index (χ1n) is 6.10. The Kier molecular flexibility index (Phi) is 4.52. The van der Waals surface area contributed by atoms with Crippen molar-refractivity contribution in [3.05, 3.63) is 34.7 Å². The van der Waals surface area contributed by atoms with E-state index in [9.17, 15) is 9.59 Å². The second-order valence-corrected chi connectivity index (χ2v) is 5.43. The van der Waals surface area contributed by atoms with Crippen LogP contribution in [0.2, 0.25) is 0 Å². The van der Waals surface area contributed by atoms with Gasteiger partial charge in [0.1, 0.15) is 6.26 Å². The first kappa shape index (κ1) is 14.3. The van der Waals surface area contributed by atoms with Gasteiger partial charge in [0.2, 0.25) is 5.91 Å². The highest BCUT2D eigenvalue weighted by Gasteiger charge is 2.09. The van der Waals surface area contributed by atoms with E-state index < -0.39 is 0 Å². The van der Waals surface area contributed by atoms with E-state index in [0.29, 0.717) is 10.7 Å². The topological polar surface area (TPSA) is 84.2 Å². The fraction of sp³-hybridized carbons (Fsp3) is 0.308. The molecule has 2 aromatic rings. The van der Waals surface area contributed by atoms with Crippen LogP contribution in [-0.4, -0.2) is 23.3 Å². The Morgan fingerprint density at radius 2 is 2.20 bits per heavy atom. The van der Waals surface area contributed by atoms with E-state index in [4.69, 9.17) is 4.42 Å². The van der Waals surface area contributed by atoms with Crippen LogP contribution in [0.3, 0.4) is 0 Å². The molecule has 0 saturated carbocycles. The summed E-state index contributed by atoms with van der Waals surface area (Å²) in [4.78, 5) is 28.6. The smallest absolute Gasteiger partial charge is 0.254 e. The molecule has 0 spiro atoms. The zero-order valence-corrected chi connectivity index (χ0v) is 12.0. The predicted molar refractivity (Wildman–Crippen MR) is 75.9 cm³/mol. The van der Waals surface area contributed by atoms with Gasteiger partial charge in [0.25, 0.3) is 5.91 Å². The number of thiazole rings is 1. The van der Waals surface area contributed by atoms with Crippen molar-refractivity contribution in [1.29, 1.82) is 0 Å². The van der Waals surface area contributed by atoms with Crippen LogP contribution >= 0.6 is 11.3 Å². The molecule has 6 nitrogen and oxygen atoms in total. The molecule has 0 unspecified atom stereocenters. The van der Waals surface area contributed by atoms with Gasteiger partial charge in [-0.15, -0.1) is 11.3 Å². The van der Waals surface area contributed by atoms with E-state index in [2.05, 4.69) is 15.6 Å². The van der Waals surface area contributed by atoms with Crippen molar-refractivity contribution < 1.29 is 14.0 Å². The molecule has 0 aliphatic heterocycles. The summed E-state index contributed by atoms with van der Waals surface area (Å²) in [7, 11) is 0. The Morgan fingerprint density at radius 1 is 1.40 bits per heavy atom. The van der Waals surface area contributed by atoms with Crippen LogP contribution < -0.4 is 10.6 Å². The Morgan fingerprint density at radius 3 is 2.80 bits per heavy atom. The third-order valence-corrected chi connectivity index (χ3v) is 3.68. The van der Waals surface area contributed by atoms with Gasteiger partial charge in [0.05, 0.1) is 17.5 Å². The van der Waals surface area contributed by atoms with E-state index in [1.165, 1.54) is 23.9 Å². The van der Waals surface area contributed by atoms with Crippen molar-refractivity contribution >= 4 is 28.3 Å². The summed E-state index contributed by atoms with van der Waals surface area (Å²) in [6.45, 7) is 4.11. The molecule has 0 bridgehead atoms. The van der Waals surface area contributed by atoms with Crippen LogP contribution in [0.5, 0.6) is 0 Å². The number of carbonyl (C=O) groups is 2. The number of nitrogens with one attached hydrogen (secondary N) is 2. The van der Waals surface area contributed by atoms with Gasteiger partial charge in [0, 0.05) is 17.8 Å².